The smallest absolute Gasteiger partial charge is 0.284 e. The summed E-state index contributed by atoms with van der Waals surface area (Å²) >= 11 is 0. The van der Waals surface area contributed by atoms with E-state index in [4.69, 9.17) is 4.74 Å². The largest absolute Gasteiger partial charge is 0.492 e. The minimum absolute atomic E-state index is 0.101. The first kappa shape index (κ1) is 20.3. The highest BCUT2D eigenvalue weighted by Crippen LogP contribution is 2.23. The number of aryl methyl sites for hydroxylation is 2. The third-order valence-electron chi connectivity index (χ3n) is 4.66. The molecule has 2 aromatic heterocycles. The van der Waals surface area contributed by atoms with Gasteiger partial charge in [-0.3, -0.25) is 14.2 Å². The molecular formula is C22H22N6O3. The number of para-hydroxylation sites is 2. The van der Waals surface area contributed by atoms with Gasteiger partial charge >= 0.3 is 0 Å². The first-order valence-electron chi connectivity index (χ1n) is 9.87. The van der Waals surface area contributed by atoms with Crippen molar-refractivity contribution in [3.05, 3.63) is 70.3 Å². The van der Waals surface area contributed by atoms with Crippen LogP contribution in [0.15, 0.2) is 53.6 Å². The van der Waals surface area contributed by atoms with Crippen LogP contribution in [0.5, 0.6) is 5.75 Å². The number of hydrogen-bond donors (Lipinski definition) is 1. The highest BCUT2D eigenvalue weighted by atomic mass is 16.5. The minimum Gasteiger partial charge on any atom is -0.492 e. The number of carbonyl (C=O) groups is 1. The molecule has 0 fully saturated rings. The number of fused-ring (bicyclic) bond motifs is 1. The number of carbonyl (C=O) groups excluding carboxylic acids is 1. The van der Waals surface area contributed by atoms with Gasteiger partial charge in [-0.25, -0.2) is 4.98 Å². The molecule has 158 valence electrons. The van der Waals surface area contributed by atoms with E-state index in [0.29, 0.717) is 23.7 Å². The van der Waals surface area contributed by atoms with Gasteiger partial charge in [-0.2, -0.15) is 4.68 Å². The second-order valence-electron chi connectivity index (χ2n) is 7.17. The van der Waals surface area contributed by atoms with Crippen molar-refractivity contribution in [3.63, 3.8) is 0 Å². The zero-order chi connectivity index (χ0) is 22.0. The van der Waals surface area contributed by atoms with E-state index in [0.717, 1.165) is 16.8 Å². The molecule has 0 spiro atoms. The van der Waals surface area contributed by atoms with Crippen LogP contribution < -0.4 is 15.6 Å². The molecule has 2 heterocycles. The van der Waals surface area contributed by atoms with Crippen LogP contribution in [-0.4, -0.2) is 37.1 Å². The van der Waals surface area contributed by atoms with Gasteiger partial charge in [0.05, 0.1) is 18.0 Å². The van der Waals surface area contributed by atoms with Crippen LogP contribution in [0.25, 0.3) is 16.9 Å². The summed E-state index contributed by atoms with van der Waals surface area (Å²) in [6.45, 7) is 6.10. The van der Waals surface area contributed by atoms with Crippen LogP contribution in [0, 0.1) is 13.8 Å². The fourth-order valence-electron chi connectivity index (χ4n) is 3.40. The summed E-state index contributed by atoms with van der Waals surface area (Å²) in [4.78, 5) is 29.7. The van der Waals surface area contributed by atoms with Gasteiger partial charge in [0.2, 0.25) is 5.91 Å². The van der Waals surface area contributed by atoms with Crippen LogP contribution in [-0.2, 0) is 11.3 Å². The van der Waals surface area contributed by atoms with Crippen molar-refractivity contribution in [3.8, 4) is 11.4 Å². The lowest BCUT2D eigenvalue weighted by Gasteiger charge is -2.11. The van der Waals surface area contributed by atoms with Crippen LogP contribution in [0.1, 0.15) is 18.1 Å². The number of rotatable bonds is 6. The van der Waals surface area contributed by atoms with Gasteiger partial charge in [0.1, 0.15) is 18.6 Å². The second-order valence-corrected chi connectivity index (χ2v) is 7.17. The van der Waals surface area contributed by atoms with Crippen molar-refractivity contribution in [1.29, 1.82) is 0 Å². The van der Waals surface area contributed by atoms with Gasteiger partial charge in [0.15, 0.2) is 11.2 Å². The molecule has 0 radical (unpaired) electrons. The molecule has 31 heavy (non-hydrogen) atoms. The van der Waals surface area contributed by atoms with Gasteiger partial charge in [-0.05, 0) is 56.2 Å². The first-order chi connectivity index (χ1) is 15.0. The van der Waals surface area contributed by atoms with Crippen LogP contribution >= 0.6 is 0 Å². The molecule has 9 nitrogen and oxygen atoms in total. The normalized spacial score (nSPS) is 10.9. The standard InChI is InChI=1S/C22H22N6O3/c1-4-31-18-8-6-5-7-17(18)24-19(29)12-27-13-23-21-20(22(27)30)25-26-28(21)16-10-14(2)9-15(3)11-16/h5-11,13H,4,12H2,1-3H3,(H,24,29). The van der Waals surface area contributed by atoms with Gasteiger partial charge in [-0.1, -0.05) is 23.4 Å². The van der Waals surface area contributed by atoms with Gasteiger partial charge in [-0.15, -0.1) is 5.10 Å². The molecule has 4 aromatic rings. The summed E-state index contributed by atoms with van der Waals surface area (Å²) in [6, 6.07) is 13.1. The fraction of sp³-hybridized carbons (Fsp3) is 0.227. The Hall–Kier alpha value is -4.01. The van der Waals surface area contributed by atoms with Crippen LogP contribution in [0.3, 0.4) is 0 Å². The predicted molar refractivity (Wildman–Crippen MR) is 117 cm³/mol. The second kappa shape index (κ2) is 8.39. The molecular weight excluding hydrogens is 396 g/mol. The van der Waals surface area contributed by atoms with Gasteiger partial charge < -0.3 is 10.1 Å². The number of ether oxygens (including phenoxy) is 1. The highest BCUT2D eigenvalue weighted by molar-refractivity contribution is 5.92. The maximum absolute atomic E-state index is 12.9. The lowest BCUT2D eigenvalue weighted by atomic mass is 10.1. The fourth-order valence-corrected chi connectivity index (χ4v) is 3.40. The van der Waals surface area contributed by atoms with E-state index < -0.39 is 5.56 Å². The Morgan fingerprint density at radius 3 is 2.61 bits per heavy atom. The van der Waals surface area contributed by atoms with E-state index in [1.165, 1.54) is 15.6 Å². The summed E-state index contributed by atoms with van der Waals surface area (Å²) in [5.41, 5.74) is 3.45. The number of anilines is 1. The number of aromatic nitrogens is 5. The molecule has 1 N–H and O–H groups in total. The monoisotopic (exact) mass is 418 g/mol. The van der Waals surface area contributed by atoms with E-state index in [1.54, 1.807) is 18.2 Å². The average Bonchev–Trinajstić information content (AvgIpc) is 3.16. The minimum atomic E-state index is -0.436. The summed E-state index contributed by atoms with van der Waals surface area (Å²) in [7, 11) is 0. The first-order valence-corrected chi connectivity index (χ1v) is 9.87. The Labute approximate surface area is 178 Å². The number of hydrogen-bond acceptors (Lipinski definition) is 6. The van der Waals surface area contributed by atoms with Crippen LogP contribution in [0.2, 0.25) is 0 Å². The molecule has 1 amide bonds. The zero-order valence-electron chi connectivity index (χ0n) is 17.5. The van der Waals surface area contributed by atoms with E-state index in [9.17, 15) is 9.59 Å². The van der Waals surface area contributed by atoms with Gasteiger partial charge in [0, 0.05) is 0 Å². The lowest BCUT2D eigenvalue weighted by Crippen LogP contribution is -2.28. The quantitative estimate of drug-likeness (QED) is 0.516. The Morgan fingerprint density at radius 1 is 1.13 bits per heavy atom. The number of nitrogens with zero attached hydrogens (tertiary/aromatic N) is 5. The van der Waals surface area contributed by atoms with Gasteiger partial charge in [0.25, 0.3) is 5.56 Å². The van der Waals surface area contributed by atoms with Crippen molar-refractivity contribution < 1.29 is 9.53 Å². The molecule has 0 aliphatic rings. The Balaban J connectivity index is 1.61. The van der Waals surface area contributed by atoms with Crippen molar-refractivity contribution in [2.24, 2.45) is 0 Å². The number of benzene rings is 2. The molecule has 2 aromatic carbocycles. The van der Waals surface area contributed by atoms with Crippen LogP contribution in [0.4, 0.5) is 5.69 Å². The molecule has 0 aliphatic heterocycles. The van der Waals surface area contributed by atoms with Crippen molar-refractivity contribution in [2.45, 2.75) is 27.3 Å². The zero-order valence-corrected chi connectivity index (χ0v) is 17.5. The molecule has 0 bridgehead atoms. The molecule has 0 unspecified atom stereocenters. The molecule has 0 atom stereocenters. The van der Waals surface area contributed by atoms with E-state index >= 15 is 0 Å². The summed E-state index contributed by atoms with van der Waals surface area (Å²) in [5, 5.41) is 10.9. The molecule has 0 aliphatic carbocycles. The number of amides is 1. The van der Waals surface area contributed by atoms with E-state index in [2.05, 4.69) is 20.6 Å². The SMILES string of the molecule is CCOc1ccccc1NC(=O)Cn1cnc2c(nnn2-c2cc(C)cc(C)c2)c1=O. The van der Waals surface area contributed by atoms with Crippen molar-refractivity contribution in [1.82, 2.24) is 24.5 Å². The average molecular weight is 418 g/mol. The maximum atomic E-state index is 12.9. The summed E-state index contributed by atoms with van der Waals surface area (Å²) < 4.78 is 8.25. The molecule has 0 saturated carbocycles. The Bertz CT molecular complexity index is 1300. The molecule has 9 heteroatoms. The third kappa shape index (κ3) is 4.16. The maximum Gasteiger partial charge on any atom is 0.284 e. The predicted octanol–water partition coefficient (Wildman–Crippen LogP) is 2.63. The third-order valence-corrected chi connectivity index (χ3v) is 4.66. The Kier molecular flexibility index (Phi) is 5.48. The number of nitrogens with one attached hydrogen (secondary N) is 1. The lowest BCUT2D eigenvalue weighted by molar-refractivity contribution is -0.116. The van der Waals surface area contributed by atoms with Crippen molar-refractivity contribution >= 4 is 22.8 Å². The molecule has 4 rings (SSSR count). The van der Waals surface area contributed by atoms with E-state index in [1.807, 2.05) is 45.0 Å². The Morgan fingerprint density at radius 2 is 1.87 bits per heavy atom. The highest BCUT2D eigenvalue weighted by Gasteiger charge is 2.16. The molecule has 0 saturated heterocycles. The van der Waals surface area contributed by atoms with Crippen molar-refractivity contribution in [2.75, 3.05) is 11.9 Å². The summed E-state index contributed by atoms with van der Waals surface area (Å²) in [6.07, 6.45) is 1.33. The topological polar surface area (TPSA) is 104 Å². The summed E-state index contributed by atoms with van der Waals surface area (Å²) in [5.74, 6) is 0.188. The van der Waals surface area contributed by atoms with E-state index in [-0.39, 0.29) is 18.0 Å².